The van der Waals surface area contributed by atoms with Crippen LogP contribution in [0.25, 0.3) is 0 Å². The Hall–Kier alpha value is -1.06. The average Bonchev–Trinajstić information content (AvgIpc) is 2.54. The fourth-order valence-electron chi connectivity index (χ4n) is 3.05. The molecule has 4 heteroatoms. The number of piperidine rings is 1. The van der Waals surface area contributed by atoms with Gasteiger partial charge in [0.1, 0.15) is 0 Å². The lowest BCUT2D eigenvalue weighted by Crippen LogP contribution is -2.43. The van der Waals surface area contributed by atoms with Crippen LogP contribution in [-0.2, 0) is 11.2 Å². The average molecular weight is 339 g/mol. The topological polar surface area (TPSA) is 41.1 Å². The Morgan fingerprint density at radius 3 is 2.70 bits per heavy atom. The highest BCUT2D eigenvalue weighted by Crippen LogP contribution is 2.23. The summed E-state index contributed by atoms with van der Waals surface area (Å²) in [4.78, 5) is 12.2. The first kappa shape index (κ1) is 20.0. The van der Waals surface area contributed by atoms with Crippen molar-refractivity contribution in [3.63, 3.8) is 0 Å². The second kappa shape index (κ2) is 9.94. The van der Waals surface area contributed by atoms with E-state index in [9.17, 15) is 4.79 Å². The summed E-state index contributed by atoms with van der Waals surface area (Å²) in [7, 11) is 0. The van der Waals surface area contributed by atoms with Crippen LogP contribution in [0.15, 0.2) is 30.3 Å². The molecule has 3 nitrogen and oxygen atoms in total. The molecule has 130 valence electrons. The summed E-state index contributed by atoms with van der Waals surface area (Å²) in [5.74, 6) is 0.386. The molecule has 2 N–H and O–H groups in total. The minimum atomic E-state index is 0. The van der Waals surface area contributed by atoms with Gasteiger partial charge in [-0.3, -0.25) is 4.79 Å². The Kier molecular flexibility index (Phi) is 8.64. The number of carbonyl (C=O) groups is 1. The van der Waals surface area contributed by atoms with Gasteiger partial charge in [-0.1, -0.05) is 44.2 Å². The van der Waals surface area contributed by atoms with Crippen molar-refractivity contribution in [2.24, 2.45) is 11.3 Å². The first-order valence-corrected chi connectivity index (χ1v) is 8.59. The Morgan fingerprint density at radius 1 is 1.30 bits per heavy atom. The van der Waals surface area contributed by atoms with E-state index in [2.05, 4.69) is 54.8 Å². The minimum Gasteiger partial charge on any atom is -0.355 e. The third-order valence-corrected chi connectivity index (χ3v) is 4.57. The predicted octanol–water partition coefficient (Wildman–Crippen LogP) is 3.57. The fourth-order valence-corrected chi connectivity index (χ4v) is 3.05. The summed E-state index contributed by atoms with van der Waals surface area (Å²) in [6.45, 7) is 7.15. The SMILES string of the molecule is CC(C)(CCCc1ccccc1)CNC(=O)C1CCCNC1.Cl. The van der Waals surface area contributed by atoms with Crippen molar-refractivity contribution in [1.82, 2.24) is 10.6 Å². The minimum absolute atomic E-state index is 0. The molecule has 1 fully saturated rings. The molecule has 0 aliphatic carbocycles. The molecule has 0 spiro atoms. The molecule has 2 rings (SSSR count). The van der Waals surface area contributed by atoms with E-state index in [-0.39, 0.29) is 29.6 Å². The van der Waals surface area contributed by atoms with Crippen LogP contribution in [0.5, 0.6) is 0 Å². The molecule has 1 aliphatic heterocycles. The molecule has 1 heterocycles. The monoisotopic (exact) mass is 338 g/mol. The number of hydrogen-bond donors (Lipinski definition) is 2. The Balaban J connectivity index is 0.00000264. The van der Waals surface area contributed by atoms with E-state index in [0.717, 1.165) is 51.7 Å². The lowest BCUT2D eigenvalue weighted by atomic mass is 9.86. The van der Waals surface area contributed by atoms with Crippen molar-refractivity contribution in [3.05, 3.63) is 35.9 Å². The highest BCUT2D eigenvalue weighted by molar-refractivity contribution is 5.85. The van der Waals surface area contributed by atoms with Crippen LogP contribution in [-0.4, -0.2) is 25.5 Å². The summed E-state index contributed by atoms with van der Waals surface area (Å²) in [6, 6.07) is 10.6. The Bertz CT molecular complexity index is 456. The van der Waals surface area contributed by atoms with Crippen molar-refractivity contribution < 1.29 is 4.79 Å². The molecule has 0 saturated carbocycles. The zero-order valence-corrected chi connectivity index (χ0v) is 15.3. The van der Waals surface area contributed by atoms with Crippen LogP contribution in [0, 0.1) is 11.3 Å². The van der Waals surface area contributed by atoms with E-state index in [1.54, 1.807) is 0 Å². The molecular weight excluding hydrogens is 308 g/mol. The van der Waals surface area contributed by atoms with Crippen LogP contribution in [0.2, 0.25) is 0 Å². The van der Waals surface area contributed by atoms with Crippen LogP contribution < -0.4 is 10.6 Å². The Morgan fingerprint density at radius 2 is 2.04 bits per heavy atom. The summed E-state index contributed by atoms with van der Waals surface area (Å²) in [6.07, 6.45) is 5.54. The third-order valence-electron chi connectivity index (χ3n) is 4.57. The van der Waals surface area contributed by atoms with Gasteiger partial charge in [0.2, 0.25) is 5.91 Å². The number of carbonyl (C=O) groups excluding carboxylic acids is 1. The molecule has 1 atom stereocenters. The highest BCUT2D eigenvalue weighted by Gasteiger charge is 2.23. The van der Waals surface area contributed by atoms with Gasteiger partial charge < -0.3 is 10.6 Å². The van der Waals surface area contributed by atoms with E-state index < -0.39 is 0 Å². The van der Waals surface area contributed by atoms with Gasteiger partial charge in [0.15, 0.2) is 0 Å². The quantitative estimate of drug-likeness (QED) is 0.798. The lowest BCUT2D eigenvalue weighted by molar-refractivity contribution is -0.125. The molecule has 1 amide bonds. The lowest BCUT2D eigenvalue weighted by Gasteiger charge is -2.28. The maximum Gasteiger partial charge on any atom is 0.224 e. The molecule has 0 aromatic heterocycles. The molecule has 0 bridgehead atoms. The van der Waals surface area contributed by atoms with Gasteiger partial charge in [0.05, 0.1) is 5.92 Å². The standard InChI is InChI=1S/C19H30N2O.ClH/c1-19(2,12-6-10-16-8-4-3-5-9-16)15-21-18(22)17-11-7-13-20-14-17;/h3-5,8-9,17,20H,6-7,10-15H2,1-2H3,(H,21,22);1H. The van der Waals surface area contributed by atoms with Gasteiger partial charge in [-0.15, -0.1) is 12.4 Å². The number of benzene rings is 1. The predicted molar refractivity (Wildman–Crippen MR) is 99.0 cm³/mol. The van der Waals surface area contributed by atoms with E-state index in [4.69, 9.17) is 0 Å². The molecule has 1 aromatic carbocycles. The van der Waals surface area contributed by atoms with Crippen molar-refractivity contribution in [1.29, 1.82) is 0 Å². The van der Waals surface area contributed by atoms with Crippen molar-refractivity contribution in [2.75, 3.05) is 19.6 Å². The molecular formula is C19H31ClN2O. The van der Waals surface area contributed by atoms with Crippen LogP contribution >= 0.6 is 12.4 Å². The second-order valence-corrected chi connectivity index (χ2v) is 7.26. The van der Waals surface area contributed by atoms with Gasteiger partial charge in [0.25, 0.3) is 0 Å². The number of halogens is 1. The number of nitrogens with one attached hydrogen (secondary N) is 2. The van der Waals surface area contributed by atoms with Gasteiger partial charge in [-0.05, 0) is 49.6 Å². The van der Waals surface area contributed by atoms with Gasteiger partial charge >= 0.3 is 0 Å². The highest BCUT2D eigenvalue weighted by atomic mass is 35.5. The van der Waals surface area contributed by atoms with Crippen LogP contribution in [0.1, 0.15) is 45.1 Å². The zero-order chi connectivity index (χ0) is 15.8. The van der Waals surface area contributed by atoms with E-state index >= 15 is 0 Å². The third kappa shape index (κ3) is 7.36. The fraction of sp³-hybridized carbons (Fsp3) is 0.632. The van der Waals surface area contributed by atoms with Gasteiger partial charge in [0, 0.05) is 13.1 Å². The van der Waals surface area contributed by atoms with Crippen LogP contribution in [0.3, 0.4) is 0 Å². The van der Waals surface area contributed by atoms with Gasteiger partial charge in [-0.2, -0.15) is 0 Å². The summed E-state index contributed by atoms with van der Waals surface area (Å²) in [5.41, 5.74) is 1.56. The van der Waals surface area contributed by atoms with Crippen molar-refractivity contribution >= 4 is 18.3 Å². The zero-order valence-electron chi connectivity index (χ0n) is 14.4. The molecule has 1 aromatic rings. The molecule has 1 saturated heterocycles. The normalized spacial score (nSPS) is 18.1. The number of rotatable bonds is 7. The first-order chi connectivity index (χ1) is 10.6. The maximum atomic E-state index is 12.2. The van der Waals surface area contributed by atoms with E-state index in [0.29, 0.717) is 0 Å². The second-order valence-electron chi connectivity index (χ2n) is 7.26. The number of aryl methyl sites for hydroxylation is 1. The van der Waals surface area contributed by atoms with E-state index in [1.807, 2.05) is 0 Å². The smallest absolute Gasteiger partial charge is 0.224 e. The first-order valence-electron chi connectivity index (χ1n) is 8.59. The summed E-state index contributed by atoms with van der Waals surface area (Å²) >= 11 is 0. The van der Waals surface area contributed by atoms with Crippen molar-refractivity contribution in [2.45, 2.75) is 46.0 Å². The maximum absolute atomic E-state index is 12.2. The van der Waals surface area contributed by atoms with E-state index in [1.165, 1.54) is 5.56 Å². The molecule has 23 heavy (non-hydrogen) atoms. The summed E-state index contributed by atoms with van der Waals surface area (Å²) in [5, 5.41) is 6.47. The summed E-state index contributed by atoms with van der Waals surface area (Å²) < 4.78 is 0. The largest absolute Gasteiger partial charge is 0.355 e. The molecule has 1 aliphatic rings. The Labute approximate surface area is 147 Å². The van der Waals surface area contributed by atoms with Gasteiger partial charge in [-0.25, -0.2) is 0 Å². The molecule has 0 radical (unpaired) electrons. The number of hydrogen-bond acceptors (Lipinski definition) is 2. The van der Waals surface area contributed by atoms with Crippen LogP contribution in [0.4, 0.5) is 0 Å². The molecule has 1 unspecified atom stereocenters. The van der Waals surface area contributed by atoms with Crippen molar-refractivity contribution in [3.8, 4) is 0 Å². The number of amides is 1.